The first-order valence-corrected chi connectivity index (χ1v) is 8.21. The van der Waals surface area contributed by atoms with E-state index in [-0.39, 0.29) is 24.1 Å². The molecule has 2 heterocycles. The molecule has 10 heteroatoms. The quantitative estimate of drug-likeness (QED) is 0.804. The molecule has 2 N–H and O–H groups in total. The molecule has 1 aromatic carbocycles. The molecule has 1 amide bonds. The van der Waals surface area contributed by atoms with Gasteiger partial charge in [0.1, 0.15) is 11.3 Å². The minimum absolute atomic E-state index is 0. The highest BCUT2D eigenvalue weighted by molar-refractivity contribution is 5.96. The van der Waals surface area contributed by atoms with E-state index in [1.807, 2.05) is 0 Å². The number of alkyl halides is 3. The third-order valence-electron chi connectivity index (χ3n) is 4.31. The Morgan fingerprint density at radius 1 is 1.26 bits per heavy atom. The Morgan fingerprint density at radius 3 is 2.48 bits per heavy atom. The van der Waals surface area contributed by atoms with Crippen LogP contribution in [0.3, 0.4) is 0 Å². The molecule has 0 saturated carbocycles. The van der Waals surface area contributed by atoms with E-state index >= 15 is 0 Å². The Hall–Kier alpha value is -2.26. The zero-order valence-corrected chi connectivity index (χ0v) is 15.1. The number of benzene rings is 1. The van der Waals surface area contributed by atoms with Crippen molar-refractivity contribution in [2.75, 3.05) is 25.0 Å². The van der Waals surface area contributed by atoms with Crippen LogP contribution in [-0.2, 0) is 10.3 Å². The first-order chi connectivity index (χ1) is 12.4. The zero-order chi connectivity index (χ0) is 18.6. The van der Waals surface area contributed by atoms with Gasteiger partial charge >= 0.3 is 6.18 Å². The van der Waals surface area contributed by atoms with Crippen molar-refractivity contribution >= 4 is 24.0 Å². The summed E-state index contributed by atoms with van der Waals surface area (Å²) in [6, 6.07) is 7.58. The van der Waals surface area contributed by atoms with Gasteiger partial charge in [0.15, 0.2) is 6.61 Å². The number of aromatic nitrogens is 2. The summed E-state index contributed by atoms with van der Waals surface area (Å²) in [6.07, 6.45) is 0.182. The Morgan fingerprint density at radius 2 is 1.93 bits per heavy atom. The van der Waals surface area contributed by atoms with Crippen LogP contribution < -0.4 is 15.4 Å². The highest BCUT2D eigenvalue weighted by Gasteiger charge is 2.42. The summed E-state index contributed by atoms with van der Waals surface area (Å²) in [5.41, 5.74) is -0.306. The molecule has 0 bridgehead atoms. The molecular weight excluding hydrogens is 385 g/mol. The maximum atomic E-state index is 13.0. The molecule has 2 aromatic rings. The van der Waals surface area contributed by atoms with Gasteiger partial charge in [0, 0.05) is 18.1 Å². The fraction of sp³-hybridized carbons (Fsp3) is 0.412. The number of carbonyl (C=O) groups is 1. The van der Waals surface area contributed by atoms with Gasteiger partial charge in [0.25, 0.3) is 5.91 Å². The molecule has 0 unspecified atom stereocenters. The van der Waals surface area contributed by atoms with Crippen molar-refractivity contribution in [3.63, 3.8) is 0 Å². The third kappa shape index (κ3) is 5.14. The SMILES string of the molecule is Cl.O=C(Nc1ccc(OCC(F)(F)F)cc1)C1(n2cccn2)CCNCC1. The third-order valence-corrected chi connectivity index (χ3v) is 4.31. The molecule has 0 atom stereocenters. The van der Waals surface area contributed by atoms with Crippen molar-refractivity contribution in [2.24, 2.45) is 0 Å². The first-order valence-electron chi connectivity index (χ1n) is 8.21. The first kappa shape index (κ1) is 21.0. The predicted octanol–water partition coefficient (Wildman–Crippen LogP) is 2.96. The van der Waals surface area contributed by atoms with Crippen LogP contribution in [0.25, 0.3) is 0 Å². The van der Waals surface area contributed by atoms with Crippen molar-refractivity contribution in [1.82, 2.24) is 15.1 Å². The molecule has 0 aliphatic carbocycles. The second-order valence-corrected chi connectivity index (χ2v) is 6.11. The van der Waals surface area contributed by atoms with Gasteiger partial charge in [-0.05, 0) is 56.3 Å². The van der Waals surface area contributed by atoms with E-state index in [1.54, 1.807) is 23.1 Å². The Labute approximate surface area is 160 Å². The molecule has 0 spiro atoms. The number of nitrogens with zero attached hydrogens (tertiary/aromatic N) is 2. The number of piperidine rings is 1. The largest absolute Gasteiger partial charge is 0.484 e. The maximum Gasteiger partial charge on any atom is 0.422 e. The van der Waals surface area contributed by atoms with Crippen LogP contribution in [0, 0.1) is 0 Å². The molecule has 148 valence electrons. The van der Waals surface area contributed by atoms with Crippen LogP contribution in [0.4, 0.5) is 18.9 Å². The van der Waals surface area contributed by atoms with E-state index in [0.29, 0.717) is 31.6 Å². The highest BCUT2D eigenvalue weighted by Crippen LogP contribution is 2.29. The minimum Gasteiger partial charge on any atom is -0.484 e. The summed E-state index contributed by atoms with van der Waals surface area (Å²) in [4.78, 5) is 13.0. The van der Waals surface area contributed by atoms with Crippen molar-refractivity contribution in [1.29, 1.82) is 0 Å². The lowest BCUT2D eigenvalue weighted by Gasteiger charge is -2.36. The van der Waals surface area contributed by atoms with Gasteiger partial charge < -0.3 is 15.4 Å². The Balaban J connectivity index is 0.00000261. The number of hydrogen-bond donors (Lipinski definition) is 2. The summed E-state index contributed by atoms with van der Waals surface area (Å²) in [5.74, 6) is -0.115. The molecule has 1 saturated heterocycles. The summed E-state index contributed by atoms with van der Waals surface area (Å²) in [6.45, 7) is 0.0309. The van der Waals surface area contributed by atoms with E-state index in [4.69, 9.17) is 0 Å². The number of rotatable bonds is 5. The van der Waals surface area contributed by atoms with E-state index in [2.05, 4.69) is 20.5 Å². The average Bonchev–Trinajstić information content (AvgIpc) is 3.16. The lowest BCUT2D eigenvalue weighted by Crippen LogP contribution is -2.52. The van der Waals surface area contributed by atoms with E-state index in [0.717, 1.165) is 0 Å². The molecule has 0 radical (unpaired) electrons. The summed E-state index contributed by atoms with van der Waals surface area (Å²) < 4.78 is 42.9. The molecule has 27 heavy (non-hydrogen) atoms. The van der Waals surface area contributed by atoms with E-state index in [9.17, 15) is 18.0 Å². The molecule has 3 rings (SSSR count). The summed E-state index contributed by atoms with van der Waals surface area (Å²) in [7, 11) is 0. The second-order valence-electron chi connectivity index (χ2n) is 6.11. The minimum atomic E-state index is -4.39. The fourth-order valence-electron chi connectivity index (χ4n) is 2.97. The van der Waals surface area contributed by atoms with Crippen molar-refractivity contribution in [3.8, 4) is 5.75 Å². The fourth-order valence-corrected chi connectivity index (χ4v) is 2.97. The van der Waals surface area contributed by atoms with Gasteiger partial charge in [0.05, 0.1) is 0 Å². The number of hydrogen-bond acceptors (Lipinski definition) is 4. The predicted molar refractivity (Wildman–Crippen MR) is 96.2 cm³/mol. The average molecular weight is 405 g/mol. The molecular formula is C17H20ClF3N4O2. The maximum absolute atomic E-state index is 13.0. The van der Waals surface area contributed by atoms with Crippen molar-refractivity contribution in [3.05, 3.63) is 42.7 Å². The summed E-state index contributed by atoms with van der Waals surface area (Å²) in [5, 5.41) is 10.3. The molecule has 1 fully saturated rings. The highest BCUT2D eigenvalue weighted by atomic mass is 35.5. The molecule has 6 nitrogen and oxygen atoms in total. The van der Waals surface area contributed by atoms with Gasteiger partial charge in [-0.2, -0.15) is 18.3 Å². The van der Waals surface area contributed by atoms with Crippen molar-refractivity contribution < 1.29 is 22.7 Å². The number of ether oxygens (including phenoxy) is 1. The monoisotopic (exact) mass is 404 g/mol. The Bertz CT molecular complexity index is 730. The molecule has 1 aliphatic rings. The molecule has 1 aliphatic heterocycles. The van der Waals surface area contributed by atoms with Crippen molar-refractivity contribution in [2.45, 2.75) is 24.6 Å². The van der Waals surface area contributed by atoms with Gasteiger partial charge in [0.2, 0.25) is 0 Å². The zero-order valence-electron chi connectivity index (χ0n) is 14.3. The normalized spacial score (nSPS) is 16.3. The number of amides is 1. The standard InChI is InChI=1S/C17H19F3N4O2.ClH/c18-17(19,20)12-26-14-4-2-13(3-5-14)23-15(25)16(6-9-21-10-7-16)24-11-1-8-22-24;/h1-5,8,11,21H,6-7,9-10,12H2,(H,23,25);1H. The van der Waals surface area contributed by atoms with Gasteiger partial charge in [-0.3, -0.25) is 9.48 Å². The van der Waals surface area contributed by atoms with Crippen LogP contribution in [0.15, 0.2) is 42.7 Å². The van der Waals surface area contributed by atoms with Crippen LogP contribution in [-0.4, -0.2) is 41.6 Å². The number of carbonyl (C=O) groups excluding carboxylic acids is 1. The Kier molecular flexibility index (Phi) is 6.72. The summed E-state index contributed by atoms with van der Waals surface area (Å²) >= 11 is 0. The van der Waals surface area contributed by atoms with Crippen LogP contribution >= 0.6 is 12.4 Å². The lowest BCUT2D eigenvalue weighted by atomic mass is 9.87. The molecule has 1 aromatic heterocycles. The van der Waals surface area contributed by atoms with Crippen LogP contribution in [0.5, 0.6) is 5.75 Å². The number of nitrogens with one attached hydrogen (secondary N) is 2. The van der Waals surface area contributed by atoms with Gasteiger partial charge in [-0.15, -0.1) is 12.4 Å². The number of halogens is 4. The topological polar surface area (TPSA) is 68.2 Å². The van der Waals surface area contributed by atoms with E-state index < -0.39 is 18.3 Å². The van der Waals surface area contributed by atoms with Crippen LogP contribution in [0.2, 0.25) is 0 Å². The van der Waals surface area contributed by atoms with E-state index in [1.165, 1.54) is 24.3 Å². The van der Waals surface area contributed by atoms with Crippen LogP contribution in [0.1, 0.15) is 12.8 Å². The van der Waals surface area contributed by atoms with Gasteiger partial charge in [-0.1, -0.05) is 0 Å². The lowest BCUT2D eigenvalue weighted by molar-refractivity contribution is -0.153. The van der Waals surface area contributed by atoms with Gasteiger partial charge in [-0.25, -0.2) is 0 Å². The number of anilines is 1. The second kappa shape index (κ2) is 8.62. The smallest absolute Gasteiger partial charge is 0.422 e.